The molecular formula is C15H12N2OS. The summed E-state index contributed by atoms with van der Waals surface area (Å²) in [6.45, 7) is 0. The average molecular weight is 268 g/mol. The molecule has 2 N–H and O–H groups in total. The lowest BCUT2D eigenvalue weighted by Gasteiger charge is -2.09. The van der Waals surface area contributed by atoms with Crippen molar-refractivity contribution in [3.8, 4) is 11.1 Å². The van der Waals surface area contributed by atoms with Gasteiger partial charge >= 0.3 is 0 Å². The maximum atomic E-state index is 11.7. The molecule has 1 aliphatic rings. The number of carbonyl (C=O) groups is 1. The summed E-state index contributed by atoms with van der Waals surface area (Å²) >= 11 is 4.93. The van der Waals surface area contributed by atoms with Gasteiger partial charge in [0.25, 0.3) is 5.91 Å². The van der Waals surface area contributed by atoms with Crippen LogP contribution in [-0.2, 0) is 4.79 Å². The van der Waals surface area contributed by atoms with Crippen LogP contribution in [-0.4, -0.2) is 11.0 Å². The number of hydrogen-bond acceptors (Lipinski definition) is 2. The quantitative estimate of drug-likeness (QED) is 0.822. The van der Waals surface area contributed by atoms with Gasteiger partial charge < -0.3 is 10.6 Å². The number of carbonyl (C=O) groups excluding carboxylic acids is 1. The Bertz CT molecular complexity index is 622. The van der Waals surface area contributed by atoms with Gasteiger partial charge in [0.2, 0.25) is 0 Å². The minimum Gasteiger partial charge on any atom is -0.347 e. The Morgan fingerprint density at radius 2 is 1.53 bits per heavy atom. The van der Waals surface area contributed by atoms with Crippen molar-refractivity contribution >= 4 is 23.2 Å². The SMILES string of the molecule is O=C1NC(=S)N[C@@H]1c1ccc(-c2ccccc2)cc1. The highest BCUT2D eigenvalue weighted by Crippen LogP contribution is 2.23. The van der Waals surface area contributed by atoms with Crippen LogP contribution in [0, 0.1) is 0 Å². The van der Waals surface area contributed by atoms with Crippen LogP contribution in [0.2, 0.25) is 0 Å². The molecule has 0 unspecified atom stereocenters. The lowest BCUT2D eigenvalue weighted by Crippen LogP contribution is -2.21. The largest absolute Gasteiger partial charge is 0.347 e. The summed E-state index contributed by atoms with van der Waals surface area (Å²) in [6.07, 6.45) is 0. The molecule has 0 radical (unpaired) electrons. The Morgan fingerprint density at radius 1 is 0.895 bits per heavy atom. The summed E-state index contributed by atoms with van der Waals surface area (Å²) in [5.41, 5.74) is 3.20. The van der Waals surface area contributed by atoms with Gasteiger partial charge in [0.05, 0.1) is 0 Å². The molecular weight excluding hydrogens is 256 g/mol. The molecule has 0 bridgehead atoms. The second kappa shape index (κ2) is 4.82. The lowest BCUT2D eigenvalue weighted by atomic mass is 10.0. The Labute approximate surface area is 116 Å². The van der Waals surface area contributed by atoms with Crippen molar-refractivity contribution in [3.63, 3.8) is 0 Å². The molecule has 2 aromatic rings. The second-order valence-electron chi connectivity index (χ2n) is 4.38. The van der Waals surface area contributed by atoms with E-state index < -0.39 is 0 Å². The molecule has 4 heteroatoms. The molecule has 1 fully saturated rings. The summed E-state index contributed by atoms with van der Waals surface area (Å²) in [4.78, 5) is 11.7. The molecule has 1 amide bonds. The van der Waals surface area contributed by atoms with E-state index in [2.05, 4.69) is 22.8 Å². The predicted octanol–water partition coefficient (Wildman–Crippen LogP) is 2.40. The van der Waals surface area contributed by atoms with Crippen LogP contribution in [0.25, 0.3) is 11.1 Å². The zero-order valence-corrected chi connectivity index (χ0v) is 10.9. The fourth-order valence-corrected chi connectivity index (χ4v) is 2.37. The van der Waals surface area contributed by atoms with Crippen molar-refractivity contribution in [2.45, 2.75) is 6.04 Å². The van der Waals surface area contributed by atoms with Crippen LogP contribution in [0.5, 0.6) is 0 Å². The summed E-state index contributed by atoms with van der Waals surface area (Å²) in [6, 6.07) is 17.7. The van der Waals surface area contributed by atoms with Crippen LogP contribution in [0.15, 0.2) is 54.6 Å². The zero-order valence-electron chi connectivity index (χ0n) is 10.1. The van der Waals surface area contributed by atoms with E-state index in [0.29, 0.717) is 5.11 Å². The van der Waals surface area contributed by atoms with Crippen molar-refractivity contribution in [1.82, 2.24) is 10.6 Å². The van der Waals surface area contributed by atoms with Gasteiger partial charge in [0.1, 0.15) is 6.04 Å². The number of hydrogen-bond donors (Lipinski definition) is 2. The first-order valence-electron chi connectivity index (χ1n) is 6.01. The van der Waals surface area contributed by atoms with E-state index in [1.165, 1.54) is 0 Å². The third-order valence-corrected chi connectivity index (χ3v) is 3.35. The van der Waals surface area contributed by atoms with E-state index in [-0.39, 0.29) is 11.9 Å². The highest BCUT2D eigenvalue weighted by molar-refractivity contribution is 7.80. The van der Waals surface area contributed by atoms with E-state index in [0.717, 1.165) is 16.7 Å². The zero-order chi connectivity index (χ0) is 13.2. The fourth-order valence-electron chi connectivity index (χ4n) is 2.15. The van der Waals surface area contributed by atoms with Crippen molar-refractivity contribution in [3.05, 3.63) is 60.2 Å². The molecule has 0 aromatic heterocycles. The highest BCUT2D eigenvalue weighted by atomic mass is 32.1. The maximum absolute atomic E-state index is 11.7. The van der Waals surface area contributed by atoms with E-state index in [1.54, 1.807) is 0 Å². The average Bonchev–Trinajstić information content (AvgIpc) is 2.79. The van der Waals surface area contributed by atoms with Crippen molar-refractivity contribution < 1.29 is 4.79 Å². The standard InChI is InChI=1S/C15H12N2OS/c18-14-13(16-15(19)17-14)12-8-6-11(7-9-12)10-4-2-1-3-5-10/h1-9,13H,(H2,16,17,18,19)/t13-/m1/s1. The third kappa shape index (κ3) is 2.35. The molecule has 1 aliphatic heterocycles. The van der Waals surface area contributed by atoms with Gasteiger partial charge in [-0.05, 0) is 28.9 Å². The number of amides is 1. The molecule has 2 aromatic carbocycles. The number of rotatable bonds is 2. The van der Waals surface area contributed by atoms with Gasteiger partial charge in [-0.2, -0.15) is 0 Å². The Kier molecular flexibility index (Phi) is 3.01. The molecule has 0 saturated carbocycles. The minimum atomic E-state index is -0.377. The topological polar surface area (TPSA) is 41.1 Å². The monoisotopic (exact) mass is 268 g/mol. The summed E-state index contributed by atoms with van der Waals surface area (Å²) < 4.78 is 0. The van der Waals surface area contributed by atoms with Crippen molar-refractivity contribution in [1.29, 1.82) is 0 Å². The third-order valence-electron chi connectivity index (χ3n) is 3.13. The van der Waals surface area contributed by atoms with E-state index >= 15 is 0 Å². The Morgan fingerprint density at radius 3 is 2.11 bits per heavy atom. The highest BCUT2D eigenvalue weighted by Gasteiger charge is 2.28. The molecule has 94 valence electrons. The first kappa shape index (κ1) is 11.9. The summed E-state index contributed by atoms with van der Waals surface area (Å²) in [5.74, 6) is -0.0996. The molecule has 0 aliphatic carbocycles. The van der Waals surface area contributed by atoms with Gasteiger partial charge in [0, 0.05) is 0 Å². The molecule has 1 atom stereocenters. The number of benzene rings is 2. The van der Waals surface area contributed by atoms with Crippen molar-refractivity contribution in [2.75, 3.05) is 0 Å². The van der Waals surface area contributed by atoms with Crippen LogP contribution in [0.3, 0.4) is 0 Å². The van der Waals surface area contributed by atoms with E-state index in [4.69, 9.17) is 12.2 Å². The normalized spacial score (nSPS) is 18.0. The predicted molar refractivity (Wildman–Crippen MR) is 78.5 cm³/mol. The maximum Gasteiger partial charge on any atom is 0.253 e. The molecule has 1 heterocycles. The molecule has 1 saturated heterocycles. The molecule has 3 nitrogen and oxygen atoms in total. The first-order chi connectivity index (χ1) is 9.24. The van der Waals surface area contributed by atoms with Crippen LogP contribution < -0.4 is 10.6 Å². The number of thiocarbonyl (C=S) groups is 1. The summed E-state index contributed by atoms with van der Waals surface area (Å²) in [7, 11) is 0. The summed E-state index contributed by atoms with van der Waals surface area (Å²) in [5, 5.41) is 5.93. The van der Waals surface area contributed by atoms with E-state index in [9.17, 15) is 4.79 Å². The Hall–Kier alpha value is -2.20. The minimum absolute atomic E-state index is 0.0996. The number of nitrogens with one attached hydrogen (secondary N) is 2. The van der Waals surface area contributed by atoms with Crippen LogP contribution in [0.4, 0.5) is 0 Å². The smallest absolute Gasteiger partial charge is 0.253 e. The van der Waals surface area contributed by atoms with E-state index in [1.807, 2.05) is 42.5 Å². The molecule has 0 spiro atoms. The lowest BCUT2D eigenvalue weighted by molar-refractivity contribution is -0.120. The molecule has 19 heavy (non-hydrogen) atoms. The van der Waals surface area contributed by atoms with Gasteiger partial charge in [-0.25, -0.2) is 0 Å². The van der Waals surface area contributed by atoms with Gasteiger partial charge in [-0.3, -0.25) is 4.79 Å². The van der Waals surface area contributed by atoms with Gasteiger partial charge in [-0.15, -0.1) is 0 Å². The second-order valence-corrected chi connectivity index (χ2v) is 4.79. The van der Waals surface area contributed by atoms with Gasteiger partial charge in [0.15, 0.2) is 5.11 Å². The van der Waals surface area contributed by atoms with Crippen molar-refractivity contribution in [2.24, 2.45) is 0 Å². The Balaban J connectivity index is 1.87. The van der Waals surface area contributed by atoms with Gasteiger partial charge in [-0.1, -0.05) is 54.6 Å². The first-order valence-corrected chi connectivity index (χ1v) is 6.41. The molecule has 3 rings (SSSR count). The fraction of sp³-hybridized carbons (Fsp3) is 0.0667. The van der Waals surface area contributed by atoms with Crippen LogP contribution in [0.1, 0.15) is 11.6 Å². The van der Waals surface area contributed by atoms with Crippen LogP contribution >= 0.6 is 12.2 Å².